The average Bonchev–Trinajstić information content (AvgIpc) is 3.00. The number of unbranched alkanes of at least 4 members (excludes halogenated alkanes) is 3. The quantitative estimate of drug-likeness (QED) is 0.174. The highest BCUT2D eigenvalue weighted by atomic mass is 15.2. The third-order valence-electron chi connectivity index (χ3n) is 6.40. The second kappa shape index (κ2) is 13.1. The molecule has 2 aromatic heterocycles. The van der Waals surface area contributed by atoms with E-state index in [9.17, 15) is 0 Å². The summed E-state index contributed by atoms with van der Waals surface area (Å²) >= 11 is 0. The fraction of sp³-hybridized carbons (Fsp3) is 0.188. The summed E-state index contributed by atoms with van der Waals surface area (Å²) in [5.41, 5.74) is 6.40. The minimum absolute atomic E-state index is 0.807. The summed E-state index contributed by atoms with van der Waals surface area (Å²) in [6.45, 7) is 1.75. The highest BCUT2D eigenvalue weighted by Crippen LogP contribution is 2.31. The molecule has 0 saturated heterocycles. The maximum absolute atomic E-state index is 4.59. The first-order chi connectivity index (χ1) is 18.9. The van der Waals surface area contributed by atoms with Crippen LogP contribution in [0.3, 0.4) is 0 Å². The second-order valence-electron chi connectivity index (χ2n) is 9.19. The van der Waals surface area contributed by atoms with Crippen molar-refractivity contribution in [2.45, 2.75) is 25.7 Å². The van der Waals surface area contributed by atoms with Gasteiger partial charge in [0.05, 0.1) is 6.20 Å². The predicted octanol–water partition coefficient (Wildman–Crippen LogP) is 7.35. The van der Waals surface area contributed by atoms with Crippen LogP contribution >= 0.6 is 0 Å². The molecule has 5 rings (SSSR count). The van der Waals surface area contributed by atoms with Gasteiger partial charge in [0.15, 0.2) is 0 Å². The van der Waals surface area contributed by atoms with E-state index in [1.165, 1.54) is 0 Å². The van der Waals surface area contributed by atoms with Crippen LogP contribution in [-0.4, -0.2) is 33.5 Å². The zero-order valence-electron chi connectivity index (χ0n) is 21.4. The van der Waals surface area contributed by atoms with E-state index in [4.69, 9.17) is 0 Å². The molecule has 6 heteroatoms. The van der Waals surface area contributed by atoms with Crippen molar-refractivity contribution in [2.24, 2.45) is 0 Å². The molecule has 6 nitrogen and oxygen atoms in total. The van der Waals surface area contributed by atoms with Crippen LogP contribution in [0.5, 0.6) is 0 Å². The first kappa shape index (κ1) is 25.1. The Bertz CT molecular complexity index is 1410. The first-order valence-corrected chi connectivity index (χ1v) is 13.2. The van der Waals surface area contributed by atoms with E-state index in [2.05, 4.69) is 91.7 Å². The van der Waals surface area contributed by atoms with Crippen molar-refractivity contribution in [2.75, 3.05) is 23.7 Å². The Morgan fingerprint density at radius 2 is 1.03 bits per heavy atom. The van der Waals surface area contributed by atoms with E-state index in [1.54, 1.807) is 6.20 Å². The first-order valence-electron chi connectivity index (χ1n) is 13.2. The SMILES string of the molecule is c1ccc(-c2cnnc(NCCCCCCNc3cc(-c4ccccc4)c(-c4ccccc4)nn3)c2)cc1. The van der Waals surface area contributed by atoms with Gasteiger partial charge in [-0.05, 0) is 36.1 Å². The lowest BCUT2D eigenvalue weighted by Crippen LogP contribution is -2.06. The number of aromatic nitrogens is 4. The molecule has 2 heterocycles. The summed E-state index contributed by atoms with van der Waals surface area (Å²) in [6.07, 6.45) is 6.25. The van der Waals surface area contributed by atoms with Gasteiger partial charge in [0.1, 0.15) is 17.3 Å². The van der Waals surface area contributed by atoms with Crippen molar-refractivity contribution in [3.8, 4) is 33.5 Å². The van der Waals surface area contributed by atoms with E-state index in [0.29, 0.717) is 0 Å². The van der Waals surface area contributed by atoms with Crippen LogP contribution in [0.25, 0.3) is 33.5 Å². The van der Waals surface area contributed by atoms with Crippen LogP contribution in [0, 0.1) is 0 Å². The molecule has 0 radical (unpaired) electrons. The van der Waals surface area contributed by atoms with Crippen molar-refractivity contribution in [1.29, 1.82) is 0 Å². The van der Waals surface area contributed by atoms with Gasteiger partial charge in [-0.15, -0.1) is 15.3 Å². The zero-order valence-corrected chi connectivity index (χ0v) is 21.4. The van der Waals surface area contributed by atoms with Gasteiger partial charge in [0.2, 0.25) is 0 Å². The van der Waals surface area contributed by atoms with Crippen molar-refractivity contribution >= 4 is 11.6 Å². The van der Waals surface area contributed by atoms with Crippen LogP contribution in [0.15, 0.2) is 109 Å². The highest BCUT2D eigenvalue weighted by Gasteiger charge is 2.11. The van der Waals surface area contributed by atoms with Crippen LogP contribution in [0.2, 0.25) is 0 Å². The fourth-order valence-electron chi connectivity index (χ4n) is 4.40. The molecule has 3 aromatic carbocycles. The minimum atomic E-state index is 0.807. The van der Waals surface area contributed by atoms with E-state index in [1.807, 2.05) is 42.5 Å². The maximum atomic E-state index is 4.59. The molecule has 0 spiro atoms. The molecule has 0 amide bonds. The Morgan fingerprint density at radius 1 is 0.474 bits per heavy atom. The summed E-state index contributed by atoms with van der Waals surface area (Å²) < 4.78 is 0. The molecule has 0 aliphatic heterocycles. The van der Waals surface area contributed by atoms with E-state index in [0.717, 1.165) is 83.9 Å². The number of rotatable bonds is 12. The number of nitrogens with one attached hydrogen (secondary N) is 2. The van der Waals surface area contributed by atoms with Gasteiger partial charge in [-0.1, -0.05) is 104 Å². The predicted molar refractivity (Wildman–Crippen MR) is 156 cm³/mol. The average molecular weight is 501 g/mol. The summed E-state index contributed by atoms with van der Waals surface area (Å²) in [5, 5.41) is 24.3. The largest absolute Gasteiger partial charge is 0.369 e. The maximum Gasteiger partial charge on any atom is 0.149 e. The molecular formula is C32H32N6. The van der Waals surface area contributed by atoms with E-state index < -0.39 is 0 Å². The third-order valence-corrected chi connectivity index (χ3v) is 6.40. The summed E-state index contributed by atoms with van der Waals surface area (Å²) in [4.78, 5) is 0. The Balaban J connectivity index is 1.07. The summed E-state index contributed by atoms with van der Waals surface area (Å²) in [5.74, 6) is 1.63. The van der Waals surface area contributed by atoms with E-state index >= 15 is 0 Å². The molecule has 0 atom stereocenters. The van der Waals surface area contributed by atoms with Crippen molar-refractivity contribution < 1.29 is 0 Å². The van der Waals surface area contributed by atoms with Gasteiger partial charge in [-0.25, -0.2) is 0 Å². The van der Waals surface area contributed by atoms with Crippen LogP contribution in [0.4, 0.5) is 11.6 Å². The molecule has 0 saturated carbocycles. The fourth-order valence-corrected chi connectivity index (χ4v) is 4.40. The molecule has 5 aromatic rings. The lowest BCUT2D eigenvalue weighted by atomic mass is 10.00. The van der Waals surface area contributed by atoms with Crippen molar-refractivity contribution in [3.05, 3.63) is 109 Å². The monoisotopic (exact) mass is 500 g/mol. The molecule has 2 N–H and O–H groups in total. The Morgan fingerprint density at radius 3 is 1.66 bits per heavy atom. The molecular weight excluding hydrogens is 468 g/mol. The van der Waals surface area contributed by atoms with Gasteiger partial charge in [0.25, 0.3) is 0 Å². The second-order valence-corrected chi connectivity index (χ2v) is 9.19. The van der Waals surface area contributed by atoms with Crippen LogP contribution in [-0.2, 0) is 0 Å². The minimum Gasteiger partial charge on any atom is -0.369 e. The normalized spacial score (nSPS) is 10.7. The Kier molecular flexibility index (Phi) is 8.65. The number of nitrogens with zero attached hydrogens (tertiary/aromatic N) is 4. The number of anilines is 2. The lowest BCUT2D eigenvalue weighted by molar-refractivity contribution is 0.668. The van der Waals surface area contributed by atoms with Gasteiger partial charge in [-0.3, -0.25) is 0 Å². The third kappa shape index (κ3) is 6.79. The smallest absolute Gasteiger partial charge is 0.149 e. The summed E-state index contributed by atoms with van der Waals surface area (Å²) in [7, 11) is 0. The summed E-state index contributed by atoms with van der Waals surface area (Å²) in [6, 6.07) is 35.0. The van der Waals surface area contributed by atoms with Crippen molar-refractivity contribution in [1.82, 2.24) is 20.4 Å². The van der Waals surface area contributed by atoms with Gasteiger partial charge < -0.3 is 10.6 Å². The number of benzene rings is 3. The van der Waals surface area contributed by atoms with Crippen molar-refractivity contribution in [3.63, 3.8) is 0 Å². The van der Waals surface area contributed by atoms with Gasteiger partial charge in [0, 0.05) is 29.8 Å². The van der Waals surface area contributed by atoms with Crippen LogP contribution < -0.4 is 10.6 Å². The highest BCUT2D eigenvalue weighted by molar-refractivity contribution is 5.81. The number of hydrogen-bond acceptors (Lipinski definition) is 6. The topological polar surface area (TPSA) is 75.6 Å². The van der Waals surface area contributed by atoms with Gasteiger partial charge >= 0.3 is 0 Å². The number of hydrogen-bond donors (Lipinski definition) is 2. The molecule has 0 unspecified atom stereocenters. The Labute approximate surface area is 224 Å². The molecule has 38 heavy (non-hydrogen) atoms. The van der Waals surface area contributed by atoms with Gasteiger partial charge in [-0.2, -0.15) is 5.10 Å². The zero-order chi connectivity index (χ0) is 25.8. The molecule has 0 aliphatic rings. The molecule has 190 valence electrons. The lowest BCUT2D eigenvalue weighted by Gasteiger charge is -2.12. The molecule has 0 aliphatic carbocycles. The Hall–Kier alpha value is -4.58. The standard InChI is InChI=1S/C32H32N6/c1(12-20-33-30-22-28(24-35-36-30)25-14-6-3-7-15-25)2-13-21-34-31-23-29(26-16-8-4-9-17-26)32(38-37-31)27-18-10-5-11-19-27/h3-11,14-19,22-24H,1-2,12-13,20-21H2,(H,33,36)(H,34,37). The molecule has 0 fully saturated rings. The molecule has 0 bridgehead atoms. The van der Waals surface area contributed by atoms with Crippen LogP contribution in [0.1, 0.15) is 25.7 Å². The van der Waals surface area contributed by atoms with E-state index in [-0.39, 0.29) is 0 Å².